The fraction of sp³-hybridized carbons (Fsp3) is 0.721. The Hall–Kier alpha value is -3.83. The van der Waals surface area contributed by atoms with Gasteiger partial charge < -0.3 is 43.6 Å². The van der Waals surface area contributed by atoms with Crippen LogP contribution in [-0.4, -0.2) is 128 Å². The lowest BCUT2D eigenvalue weighted by Gasteiger charge is -2.46. The van der Waals surface area contributed by atoms with E-state index in [0.717, 1.165) is 18.2 Å². The number of aryl methyl sites for hydroxylation is 1. The number of nitrogens with one attached hydrogen (secondary N) is 1. The Bertz CT molecular complexity index is 1780. The number of likely N-dealkylation sites (N-methyl/N-ethyl adjacent to an activating group) is 1. The third kappa shape index (κ3) is 9.56. The van der Waals surface area contributed by atoms with E-state index < -0.39 is 89.2 Å². The molecule has 2 aromatic heterocycles. The molecule has 5 rings (SSSR count). The van der Waals surface area contributed by atoms with Crippen LogP contribution in [0, 0.1) is 17.8 Å². The van der Waals surface area contributed by atoms with Crippen molar-refractivity contribution >= 4 is 23.6 Å². The van der Waals surface area contributed by atoms with E-state index in [1.165, 1.54) is 18.9 Å². The molecular formula is C43H64FN5O10. The van der Waals surface area contributed by atoms with Crippen molar-refractivity contribution in [3.05, 3.63) is 37.1 Å². The zero-order valence-corrected chi connectivity index (χ0v) is 36.2. The Labute approximate surface area is 347 Å². The number of aromatic nitrogens is 3. The van der Waals surface area contributed by atoms with E-state index in [2.05, 4.69) is 15.3 Å². The average molecular weight is 830 g/mol. The minimum absolute atomic E-state index is 0.00119. The number of cyclic esters (lactones) is 1. The number of fused-ring (bicyclic) bond motifs is 1. The van der Waals surface area contributed by atoms with Crippen LogP contribution in [0.1, 0.15) is 94.4 Å². The first-order valence-corrected chi connectivity index (χ1v) is 21.0. The molecule has 0 spiro atoms. The molecule has 3 saturated heterocycles. The zero-order chi connectivity index (χ0) is 43.4. The van der Waals surface area contributed by atoms with Gasteiger partial charge in [-0.05, 0) is 78.5 Å². The molecule has 0 radical (unpaired) electrons. The molecule has 1 unspecified atom stereocenters. The number of rotatable bonds is 12. The number of Topliss-reactive ketones (excluding diaryl/α,β-unsaturated/α-hetero) is 2. The molecule has 16 heteroatoms. The summed E-state index contributed by atoms with van der Waals surface area (Å²) in [5.41, 5.74) is -4.53. The number of aliphatic hydroxyl groups is 1. The number of pyridine rings is 1. The molecule has 0 aliphatic carbocycles. The van der Waals surface area contributed by atoms with Gasteiger partial charge in [0.2, 0.25) is 0 Å². The molecule has 13 atom stereocenters. The van der Waals surface area contributed by atoms with Gasteiger partial charge in [-0.2, -0.15) is 0 Å². The van der Waals surface area contributed by atoms with Crippen molar-refractivity contribution in [2.75, 3.05) is 20.2 Å². The van der Waals surface area contributed by atoms with E-state index >= 15 is 4.39 Å². The maximum absolute atomic E-state index is 16.9. The molecule has 5 heterocycles. The Kier molecular flexibility index (Phi) is 14.8. The molecule has 59 heavy (non-hydrogen) atoms. The first-order chi connectivity index (χ1) is 27.8. The van der Waals surface area contributed by atoms with Crippen LogP contribution in [0.2, 0.25) is 0 Å². The maximum atomic E-state index is 16.9. The Morgan fingerprint density at radius 1 is 1.05 bits per heavy atom. The number of methoxy groups -OCH3 is 1. The highest BCUT2D eigenvalue weighted by Gasteiger charge is 2.61. The predicted octanol–water partition coefficient (Wildman–Crippen LogP) is 5.07. The van der Waals surface area contributed by atoms with Crippen molar-refractivity contribution < 1.29 is 52.4 Å². The largest absolute Gasteiger partial charge is 0.455 e. The van der Waals surface area contributed by atoms with Gasteiger partial charge in [-0.1, -0.05) is 34.6 Å². The molecule has 2 N–H and O–H groups in total. The first-order valence-electron chi connectivity index (χ1n) is 21.0. The highest BCUT2D eigenvalue weighted by atomic mass is 19.1. The summed E-state index contributed by atoms with van der Waals surface area (Å²) in [7, 11) is 1.40. The zero-order valence-electron chi connectivity index (χ0n) is 36.2. The van der Waals surface area contributed by atoms with Crippen molar-refractivity contribution in [3.8, 4) is 11.3 Å². The molecule has 15 nitrogen and oxygen atoms in total. The number of imidazole rings is 1. The number of carbonyl (C=O) groups is 4. The van der Waals surface area contributed by atoms with Gasteiger partial charge in [-0.25, -0.2) is 19.0 Å². The van der Waals surface area contributed by atoms with Gasteiger partial charge >= 0.3 is 12.1 Å². The van der Waals surface area contributed by atoms with Gasteiger partial charge in [0.25, 0.3) is 5.67 Å². The van der Waals surface area contributed by atoms with Gasteiger partial charge in [0.05, 0.1) is 35.9 Å². The molecule has 0 aromatic carbocycles. The van der Waals surface area contributed by atoms with Crippen LogP contribution < -0.4 is 5.32 Å². The number of carbonyl (C=O) groups excluding carboxylic acids is 4. The normalized spacial score (nSPS) is 37.5. The van der Waals surface area contributed by atoms with Gasteiger partial charge in [0.15, 0.2) is 17.7 Å². The van der Waals surface area contributed by atoms with E-state index in [9.17, 15) is 24.3 Å². The van der Waals surface area contributed by atoms with E-state index in [4.69, 9.17) is 23.7 Å². The predicted molar refractivity (Wildman–Crippen MR) is 215 cm³/mol. The van der Waals surface area contributed by atoms with Gasteiger partial charge in [0.1, 0.15) is 18.0 Å². The highest BCUT2D eigenvalue weighted by molar-refractivity contribution is 6.08. The Morgan fingerprint density at radius 3 is 2.41 bits per heavy atom. The van der Waals surface area contributed by atoms with Gasteiger partial charge in [-0.15, -0.1) is 0 Å². The molecule has 3 aliphatic heterocycles. The van der Waals surface area contributed by atoms with Crippen LogP contribution in [0.25, 0.3) is 11.3 Å². The van der Waals surface area contributed by atoms with Crippen molar-refractivity contribution in [2.45, 2.75) is 161 Å². The molecular weight excluding hydrogens is 765 g/mol. The van der Waals surface area contributed by atoms with Crippen LogP contribution in [0.15, 0.2) is 37.1 Å². The molecule has 2 aromatic rings. The van der Waals surface area contributed by atoms with Crippen LogP contribution in [0.3, 0.4) is 0 Å². The molecule has 1 amide bonds. The Balaban J connectivity index is 1.45. The third-order valence-corrected chi connectivity index (χ3v) is 12.7. The summed E-state index contributed by atoms with van der Waals surface area (Å²) < 4.78 is 49.4. The minimum Gasteiger partial charge on any atom is -0.455 e. The number of hydrogen-bond acceptors (Lipinski definition) is 13. The number of hydrogen-bond donors (Lipinski definition) is 2. The van der Waals surface area contributed by atoms with Crippen molar-refractivity contribution in [1.29, 1.82) is 0 Å². The number of ether oxygens (including phenoxy) is 5. The minimum atomic E-state index is -3.18. The number of nitrogens with zero attached hydrogens (tertiary/aromatic N) is 4. The monoisotopic (exact) mass is 829 g/mol. The van der Waals surface area contributed by atoms with Crippen molar-refractivity contribution in [3.63, 3.8) is 0 Å². The van der Waals surface area contributed by atoms with Gasteiger partial charge in [0, 0.05) is 68.1 Å². The summed E-state index contributed by atoms with van der Waals surface area (Å²) in [5.74, 6) is -5.78. The van der Waals surface area contributed by atoms with E-state index in [1.807, 2.05) is 36.7 Å². The topological polar surface area (TPSA) is 181 Å². The summed E-state index contributed by atoms with van der Waals surface area (Å²) in [6.45, 7) is 15.8. The van der Waals surface area contributed by atoms with Crippen molar-refractivity contribution in [1.82, 2.24) is 24.8 Å². The second-order valence-corrected chi connectivity index (χ2v) is 17.2. The van der Waals surface area contributed by atoms with Crippen molar-refractivity contribution in [2.24, 2.45) is 17.8 Å². The van der Waals surface area contributed by atoms with E-state index in [-0.39, 0.29) is 31.3 Å². The Morgan fingerprint density at radius 2 is 1.76 bits per heavy atom. The van der Waals surface area contributed by atoms with Crippen LogP contribution in [0.5, 0.6) is 0 Å². The molecule has 0 bridgehead atoms. The molecule has 3 aliphatic rings. The summed E-state index contributed by atoms with van der Waals surface area (Å²) in [6, 6.07) is 2.45. The van der Waals surface area contributed by atoms with E-state index in [0.29, 0.717) is 32.4 Å². The number of aliphatic hydroxyl groups excluding tert-OH is 1. The molecule has 3 fully saturated rings. The quantitative estimate of drug-likeness (QED) is 0.165. The fourth-order valence-electron chi connectivity index (χ4n) is 9.41. The highest BCUT2D eigenvalue weighted by Crippen LogP contribution is 2.43. The summed E-state index contributed by atoms with van der Waals surface area (Å²) >= 11 is 0. The molecule has 0 saturated carbocycles. The number of halogens is 1. The number of ketones is 2. The van der Waals surface area contributed by atoms with Crippen LogP contribution >= 0.6 is 0 Å². The average Bonchev–Trinajstić information content (AvgIpc) is 3.79. The van der Waals surface area contributed by atoms with Gasteiger partial charge in [-0.3, -0.25) is 14.6 Å². The van der Waals surface area contributed by atoms with Crippen LogP contribution in [0.4, 0.5) is 9.18 Å². The second kappa shape index (κ2) is 18.8. The van der Waals surface area contributed by atoms with E-state index in [1.54, 1.807) is 53.3 Å². The summed E-state index contributed by atoms with van der Waals surface area (Å²) in [5, 5.41) is 14.6. The smallest absolute Gasteiger partial charge is 0.410 e. The summed E-state index contributed by atoms with van der Waals surface area (Å²) in [4.78, 5) is 66.8. The molecule has 328 valence electrons. The second-order valence-electron chi connectivity index (χ2n) is 17.2. The maximum Gasteiger partial charge on any atom is 0.410 e. The SMILES string of the molecule is CCN[C@H]1C[C@@H](C)O[C@@H](O[C@@H]2[C@@H](C)C(=O)[C@](C)(F)C(=O)O[C@H](CC)[C@@]3(C)OC(=O)N(CCCCn4cnc(-c5cccnc5)c4)C3[C@@H](C)C(=O)[C@H](C)C[C@@]2(C)OC)[C@H]1O. The lowest BCUT2D eigenvalue weighted by Crippen LogP contribution is -2.62. The lowest BCUT2D eigenvalue weighted by molar-refractivity contribution is -0.290. The van der Waals surface area contributed by atoms with Crippen LogP contribution in [-0.2, 0) is 44.6 Å². The number of alkyl halides is 1. The lowest BCUT2D eigenvalue weighted by atomic mass is 9.73. The number of unbranched alkanes of at least 4 members (excludes halogenated alkanes) is 1. The fourth-order valence-corrected chi connectivity index (χ4v) is 9.41. The first kappa shape index (κ1) is 46.2. The standard InChI is InChI=1S/C43H64FN5O10/c1-11-32-43(9)35(49(40(54)59-43)19-14-13-18-48-23-31(47-24-48)29-16-15-17-45-22-29)27(5)33(50)25(3)21-41(7,55-10)37(28(6)36(52)42(8,44)39(53)57-32)58-38-34(51)30(46-12-2)20-26(4)56-38/h15-17,22-28,30,32,34-35,37-38,46,51H,11-14,18-21H2,1-10H3/t25-,26-,27+,28+,30+,32-,34+,35?,37-,38+,41-,42+,43-/m1/s1. The number of esters is 1. The third-order valence-electron chi connectivity index (χ3n) is 12.7. The summed E-state index contributed by atoms with van der Waals surface area (Å²) in [6.07, 6.45) is 2.90. The number of amides is 1.